The minimum absolute atomic E-state index is 0.0793. The molecule has 1 unspecified atom stereocenters. The van der Waals surface area contributed by atoms with E-state index < -0.39 is 0 Å². The molecule has 0 aromatic heterocycles. The predicted molar refractivity (Wildman–Crippen MR) is 144 cm³/mol. The standard InChI is InChI=1S/C29H37FN2OS/c1-18(2)31-14-15-32(19(3)4)29(33)21(6)28-20(5)26(25-13-10-23(30)17-27(25)28)16-22-8-11-24(34-7)12-9-22/h8-13,16-19,21,31H,14-15H2,1-7H3/b26-16-. The lowest BCUT2D eigenvalue weighted by molar-refractivity contribution is -0.134. The SMILES string of the molecule is CSc1ccc(/C=C2/C(C)=C(C(C)C(=O)N(CCNC(C)C)C(C)C)c3cc(F)ccc32)cc1. The Hall–Kier alpha value is -2.37. The second-order valence-corrected chi connectivity index (χ2v) is 10.4. The molecule has 0 spiro atoms. The summed E-state index contributed by atoms with van der Waals surface area (Å²) in [4.78, 5) is 16.8. The van der Waals surface area contributed by atoms with Crippen molar-refractivity contribution < 1.29 is 9.18 Å². The number of hydrogen-bond donors (Lipinski definition) is 1. The molecule has 182 valence electrons. The average Bonchev–Trinajstić information content (AvgIpc) is 3.06. The zero-order valence-corrected chi connectivity index (χ0v) is 22.2. The van der Waals surface area contributed by atoms with Crippen LogP contribution in [0.3, 0.4) is 0 Å². The Morgan fingerprint density at radius 2 is 1.74 bits per heavy atom. The fourth-order valence-corrected chi connectivity index (χ4v) is 5.01. The van der Waals surface area contributed by atoms with Gasteiger partial charge in [-0.2, -0.15) is 0 Å². The molecule has 0 saturated carbocycles. The smallest absolute Gasteiger partial charge is 0.230 e. The molecule has 1 amide bonds. The normalized spacial score (nSPS) is 15.4. The lowest BCUT2D eigenvalue weighted by Crippen LogP contribution is -2.44. The summed E-state index contributed by atoms with van der Waals surface area (Å²) in [6, 6.07) is 13.8. The number of halogens is 1. The van der Waals surface area contributed by atoms with Crippen LogP contribution in [0.2, 0.25) is 0 Å². The van der Waals surface area contributed by atoms with Crippen LogP contribution in [-0.4, -0.2) is 42.2 Å². The maximum atomic E-state index is 14.3. The van der Waals surface area contributed by atoms with Gasteiger partial charge in [-0.15, -0.1) is 11.8 Å². The van der Waals surface area contributed by atoms with E-state index in [1.165, 1.54) is 11.0 Å². The van der Waals surface area contributed by atoms with E-state index in [4.69, 9.17) is 0 Å². The zero-order chi connectivity index (χ0) is 25.0. The van der Waals surface area contributed by atoms with Crippen LogP contribution >= 0.6 is 11.8 Å². The number of carbonyl (C=O) groups is 1. The van der Waals surface area contributed by atoms with Crippen LogP contribution in [0.1, 0.15) is 58.2 Å². The molecule has 0 heterocycles. The van der Waals surface area contributed by atoms with Crippen LogP contribution in [0.5, 0.6) is 0 Å². The number of nitrogens with one attached hydrogen (secondary N) is 1. The van der Waals surface area contributed by atoms with Gasteiger partial charge in [-0.05, 0) is 97.7 Å². The Morgan fingerprint density at radius 1 is 1.06 bits per heavy atom. The molecule has 0 aliphatic heterocycles. The number of fused-ring (bicyclic) bond motifs is 1. The molecule has 0 radical (unpaired) electrons. The number of rotatable bonds is 9. The molecule has 5 heteroatoms. The van der Waals surface area contributed by atoms with Crippen LogP contribution in [0.4, 0.5) is 4.39 Å². The van der Waals surface area contributed by atoms with Crippen molar-refractivity contribution >= 4 is 34.9 Å². The number of thioether (sulfide) groups is 1. The average molecular weight is 481 g/mol. The van der Waals surface area contributed by atoms with E-state index in [0.717, 1.165) is 40.0 Å². The summed E-state index contributed by atoms with van der Waals surface area (Å²) in [5, 5.41) is 3.40. The first-order valence-electron chi connectivity index (χ1n) is 12.0. The molecule has 1 aliphatic carbocycles. The first-order valence-corrected chi connectivity index (χ1v) is 13.3. The van der Waals surface area contributed by atoms with Crippen LogP contribution in [0.25, 0.3) is 17.2 Å². The summed E-state index contributed by atoms with van der Waals surface area (Å²) < 4.78 is 14.3. The Balaban J connectivity index is 2.00. The van der Waals surface area contributed by atoms with Crippen LogP contribution in [-0.2, 0) is 4.79 Å². The molecular formula is C29H37FN2OS. The van der Waals surface area contributed by atoms with Gasteiger partial charge in [0.25, 0.3) is 0 Å². The molecule has 2 aromatic rings. The van der Waals surface area contributed by atoms with Crippen molar-refractivity contribution in [2.45, 2.75) is 58.5 Å². The molecule has 3 nitrogen and oxygen atoms in total. The maximum Gasteiger partial charge on any atom is 0.230 e. The topological polar surface area (TPSA) is 32.3 Å². The van der Waals surface area contributed by atoms with Crippen molar-refractivity contribution in [2.75, 3.05) is 19.3 Å². The van der Waals surface area contributed by atoms with E-state index >= 15 is 0 Å². The number of allylic oxidation sites excluding steroid dienone is 2. The van der Waals surface area contributed by atoms with E-state index in [-0.39, 0.29) is 23.7 Å². The highest BCUT2D eigenvalue weighted by Gasteiger charge is 2.33. The van der Waals surface area contributed by atoms with Crippen LogP contribution in [0, 0.1) is 11.7 Å². The van der Waals surface area contributed by atoms with E-state index in [1.54, 1.807) is 17.8 Å². The lowest BCUT2D eigenvalue weighted by atomic mass is 9.92. The lowest BCUT2D eigenvalue weighted by Gasteiger charge is -2.31. The first kappa shape index (κ1) is 26.2. The summed E-state index contributed by atoms with van der Waals surface area (Å²) in [5.74, 6) is -0.571. The molecule has 0 saturated heterocycles. The number of nitrogens with zero attached hydrogens (tertiary/aromatic N) is 1. The van der Waals surface area contributed by atoms with Gasteiger partial charge in [0.2, 0.25) is 5.91 Å². The van der Waals surface area contributed by atoms with Gasteiger partial charge in [0.1, 0.15) is 5.82 Å². The van der Waals surface area contributed by atoms with Gasteiger partial charge in [0.15, 0.2) is 0 Å². The first-order chi connectivity index (χ1) is 16.1. The van der Waals surface area contributed by atoms with Crippen molar-refractivity contribution in [2.24, 2.45) is 5.92 Å². The Morgan fingerprint density at radius 3 is 2.32 bits per heavy atom. The molecule has 0 bridgehead atoms. The minimum Gasteiger partial charge on any atom is -0.338 e. The number of carbonyl (C=O) groups excluding carboxylic acids is 1. The largest absolute Gasteiger partial charge is 0.338 e. The third-order valence-corrected chi connectivity index (χ3v) is 7.16. The van der Waals surface area contributed by atoms with E-state index in [2.05, 4.69) is 62.7 Å². The summed E-state index contributed by atoms with van der Waals surface area (Å²) in [7, 11) is 0. The zero-order valence-electron chi connectivity index (χ0n) is 21.4. The van der Waals surface area contributed by atoms with Gasteiger partial charge in [-0.3, -0.25) is 4.79 Å². The van der Waals surface area contributed by atoms with Gasteiger partial charge in [0, 0.05) is 30.1 Å². The molecule has 2 aromatic carbocycles. The molecule has 1 N–H and O–H groups in total. The molecular weight excluding hydrogens is 443 g/mol. The van der Waals surface area contributed by atoms with E-state index in [1.807, 2.05) is 31.7 Å². The van der Waals surface area contributed by atoms with Gasteiger partial charge >= 0.3 is 0 Å². The predicted octanol–water partition coefficient (Wildman–Crippen LogP) is 6.75. The highest BCUT2D eigenvalue weighted by Crippen LogP contribution is 2.46. The minimum atomic E-state index is -0.369. The van der Waals surface area contributed by atoms with Crippen molar-refractivity contribution in [3.05, 3.63) is 70.5 Å². The summed E-state index contributed by atoms with van der Waals surface area (Å²) in [6.45, 7) is 13.7. The van der Waals surface area contributed by atoms with Crippen molar-refractivity contribution in [1.82, 2.24) is 10.2 Å². The molecule has 3 rings (SSSR count). The molecule has 1 aliphatic rings. The Labute approximate surface area is 208 Å². The highest BCUT2D eigenvalue weighted by molar-refractivity contribution is 7.98. The molecule has 0 fully saturated rings. The van der Waals surface area contributed by atoms with E-state index in [9.17, 15) is 9.18 Å². The van der Waals surface area contributed by atoms with Gasteiger partial charge in [0.05, 0.1) is 5.92 Å². The number of benzene rings is 2. The summed E-state index contributed by atoms with van der Waals surface area (Å²) >= 11 is 1.71. The fraction of sp³-hybridized carbons (Fsp3) is 0.414. The van der Waals surface area contributed by atoms with Gasteiger partial charge in [-0.1, -0.05) is 32.0 Å². The highest BCUT2D eigenvalue weighted by atomic mass is 32.2. The number of hydrogen-bond acceptors (Lipinski definition) is 3. The molecule has 1 atom stereocenters. The third-order valence-electron chi connectivity index (χ3n) is 6.41. The Bertz CT molecular complexity index is 1090. The second kappa shape index (κ2) is 11.4. The van der Waals surface area contributed by atoms with Crippen molar-refractivity contribution in [1.29, 1.82) is 0 Å². The van der Waals surface area contributed by atoms with Gasteiger partial charge in [-0.25, -0.2) is 4.39 Å². The molecule has 34 heavy (non-hydrogen) atoms. The Kier molecular flexibility index (Phi) is 8.78. The quantitative estimate of drug-likeness (QED) is 0.403. The van der Waals surface area contributed by atoms with Crippen LogP contribution < -0.4 is 5.32 Å². The van der Waals surface area contributed by atoms with Gasteiger partial charge < -0.3 is 10.2 Å². The summed E-state index contributed by atoms with van der Waals surface area (Å²) in [5.41, 5.74) is 5.92. The maximum absolute atomic E-state index is 14.3. The fourth-order valence-electron chi connectivity index (χ4n) is 4.60. The van der Waals surface area contributed by atoms with Crippen LogP contribution in [0.15, 0.2) is 52.9 Å². The van der Waals surface area contributed by atoms with Crippen molar-refractivity contribution in [3.63, 3.8) is 0 Å². The monoisotopic (exact) mass is 480 g/mol. The van der Waals surface area contributed by atoms with E-state index in [0.29, 0.717) is 12.6 Å². The number of amides is 1. The second-order valence-electron chi connectivity index (χ2n) is 9.52. The van der Waals surface area contributed by atoms with Crippen molar-refractivity contribution in [3.8, 4) is 0 Å². The third kappa shape index (κ3) is 5.81. The summed E-state index contributed by atoms with van der Waals surface area (Å²) in [6.07, 6.45) is 4.21.